The van der Waals surface area contributed by atoms with E-state index in [2.05, 4.69) is 0 Å². The Balaban J connectivity index is 2.45. The lowest BCUT2D eigenvalue weighted by Crippen LogP contribution is -2.29. The maximum atomic E-state index is 11.7. The third-order valence-electron chi connectivity index (χ3n) is 2.56. The van der Waals surface area contributed by atoms with Crippen LogP contribution in [-0.2, 0) is 14.3 Å². The largest absolute Gasteiger partial charge is 0.347 e. The Morgan fingerprint density at radius 3 is 2.50 bits per heavy atom. The van der Waals surface area contributed by atoms with Crippen LogP contribution >= 0.6 is 0 Å². The molecule has 0 aromatic rings. The van der Waals surface area contributed by atoms with E-state index in [4.69, 9.17) is 9.47 Å². The van der Waals surface area contributed by atoms with Crippen LogP contribution in [0.4, 0.5) is 0 Å². The van der Waals surface area contributed by atoms with Gasteiger partial charge in [0.2, 0.25) is 5.91 Å². The van der Waals surface area contributed by atoms with Crippen LogP contribution in [0.2, 0.25) is 0 Å². The van der Waals surface area contributed by atoms with Gasteiger partial charge in [-0.3, -0.25) is 4.79 Å². The van der Waals surface area contributed by atoms with Gasteiger partial charge >= 0.3 is 0 Å². The number of nitrogens with zero attached hydrogens (tertiary/aromatic N) is 1. The highest BCUT2D eigenvalue weighted by Gasteiger charge is 2.31. The number of amides is 1. The molecule has 1 rings (SSSR count). The minimum absolute atomic E-state index is 0.0262. The first-order valence-corrected chi connectivity index (χ1v) is 5.77. The van der Waals surface area contributed by atoms with Gasteiger partial charge in [0.1, 0.15) is 6.10 Å². The van der Waals surface area contributed by atoms with E-state index in [1.165, 1.54) is 0 Å². The molecule has 92 valence electrons. The van der Waals surface area contributed by atoms with Crippen molar-refractivity contribution in [1.29, 1.82) is 0 Å². The van der Waals surface area contributed by atoms with Gasteiger partial charge in [-0.2, -0.15) is 0 Å². The first-order valence-electron chi connectivity index (χ1n) is 5.77. The summed E-state index contributed by atoms with van der Waals surface area (Å²) in [5.41, 5.74) is 0. The van der Waals surface area contributed by atoms with Crippen molar-refractivity contribution in [1.82, 2.24) is 4.90 Å². The smallest absolute Gasteiger partial charge is 0.246 e. The normalized spacial score (nSPS) is 23.9. The molecule has 4 nitrogen and oxygen atoms in total. The van der Waals surface area contributed by atoms with Crippen LogP contribution in [0.1, 0.15) is 27.7 Å². The van der Waals surface area contributed by atoms with Gasteiger partial charge in [-0.25, -0.2) is 0 Å². The molecule has 0 spiro atoms. The lowest BCUT2D eigenvalue weighted by atomic mass is 10.3. The van der Waals surface area contributed by atoms with E-state index in [9.17, 15) is 4.79 Å². The monoisotopic (exact) mass is 227 g/mol. The van der Waals surface area contributed by atoms with Gasteiger partial charge in [-0.1, -0.05) is 0 Å². The Bertz CT molecular complexity index is 269. The van der Waals surface area contributed by atoms with E-state index >= 15 is 0 Å². The number of carbonyl (C=O) groups excluding carboxylic acids is 1. The Labute approximate surface area is 97.2 Å². The zero-order valence-electron chi connectivity index (χ0n) is 10.5. The number of hydrogen-bond acceptors (Lipinski definition) is 3. The van der Waals surface area contributed by atoms with Crippen molar-refractivity contribution in [3.05, 3.63) is 12.2 Å². The third kappa shape index (κ3) is 3.61. The van der Waals surface area contributed by atoms with Crippen LogP contribution in [0.15, 0.2) is 12.2 Å². The summed E-state index contributed by atoms with van der Waals surface area (Å²) in [5, 5.41) is 0. The lowest BCUT2D eigenvalue weighted by Gasteiger charge is -2.17. The summed E-state index contributed by atoms with van der Waals surface area (Å²) in [4.78, 5) is 13.4. The van der Waals surface area contributed by atoms with E-state index in [0.29, 0.717) is 6.61 Å². The molecule has 1 amide bonds. The molecule has 16 heavy (non-hydrogen) atoms. The summed E-state index contributed by atoms with van der Waals surface area (Å²) in [7, 11) is 0. The van der Waals surface area contributed by atoms with Crippen LogP contribution < -0.4 is 0 Å². The molecule has 1 unspecified atom stereocenters. The fourth-order valence-corrected chi connectivity index (χ4v) is 1.64. The molecule has 1 heterocycles. The first kappa shape index (κ1) is 13.2. The molecule has 0 N–H and O–H groups in total. The topological polar surface area (TPSA) is 38.8 Å². The van der Waals surface area contributed by atoms with Gasteiger partial charge in [0.05, 0.1) is 6.61 Å². The summed E-state index contributed by atoms with van der Waals surface area (Å²) in [6, 6.07) is 0. The fraction of sp³-hybridized carbons (Fsp3) is 0.750. The second kappa shape index (κ2) is 5.46. The molecule has 0 aromatic carbocycles. The molecule has 1 aliphatic heterocycles. The quantitative estimate of drug-likeness (QED) is 0.684. The van der Waals surface area contributed by atoms with E-state index in [1.54, 1.807) is 17.1 Å². The van der Waals surface area contributed by atoms with Crippen LogP contribution in [0.5, 0.6) is 0 Å². The summed E-state index contributed by atoms with van der Waals surface area (Å²) in [6.07, 6.45) is 3.23. The van der Waals surface area contributed by atoms with E-state index in [-0.39, 0.29) is 12.0 Å². The molecule has 4 heteroatoms. The number of ether oxygens (including phenoxy) is 2. The van der Waals surface area contributed by atoms with Gasteiger partial charge in [0.15, 0.2) is 5.79 Å². The number of carbonyl (C=O) groups is 1. The Morgan fingerprint density at radius 1 is 1.44 bits per heavy atom. The highest BCUT2D eigenvalue weighted by molar-refractivity contribution is 5.87. The molecular weight excluding hydrogens is 206 g/mol. The van der Waals surface area contributed by atoms with Gasteiger partial charge < -0.3 is 14.4 Å². The number of hydrogen-bond donors (Lipinski definition) is 0. The van der Waals surface area contributed by atoms with Crippen LogP contribution in [0.25, 0.3) is 0 Å². The maximum Gasteiger partial charge on any atom is 0.246 e. The Morgan fingerprint density at radius 2 is 2.06 bits per heavy atom. The van der Waals surface area contributed by atoms with Gasteiger partial charge in [0, 0.05) is 19.2 Å². The van der Waals surface area contributed by atoms with Crippen molar-refractivity contribution in [2.75, 3.05) is 19.7 Å². The van der Waals surface area contributed by atoms with Crippen molar-refractivity contribution in [3.63, 3.8) is 0 Å². The lowest BCUT2D eigenvalue weighted by molar-refractivity contribution is -0.133. The Hall–Kier alpha value is -0.870. The Kier molecular flexibility index (Phi) is 4.50. The number of rotatable bonds is 4. The van der Waals surface area contributed by atoms with Crippen molar-refractivity contribution in [3.8, 4) is 0 Å². The van der Waals surface area contributed by atoms with E-state index < -0.39 is 5.79 Å². The molecule has 0 aliphatic carbocycles. The predicted molar refractivity (Wildman–Crippen MR) is 62.0 cm³/mol. The minimum Gasteiger partial charge on any atom is -0.347 e. The van der Waals surface area contributed by atoms with Crippen molar-refractivity contribution >= 4 is 5.91 Å². The molecule has 1 saturated heterocycles. The second-order valence-corrected chi connectivity index (χ2v) is 4.24. The molecule has 0 aromatic heterocycles. The van der Waals surface area contributed by atoms with Crippen LogP contribution in [-0.4, -0.2) is 42.4 Å². The molecule has 0 saturated carbocycles. The van der Waals surface area contributed by atoms with Gasteiger partial charge in [-0.15, -0.1) is 0 Å². The maximum absolute atomic E-state index is 11.7. The summed E-state index contributed by atoms with van der Waals surface area (Å²) in [6.45, 7) is 9.64. The zero-order valence-corrected chi connectivity index (χ0v) is 10.5. The standard InChI is InChI=1S/C12H21NO3/c1-5-13(6-2)11(14)8-7-10-9-15-12(3,4)16-10/h7-8,10H,5-6,9H2,1-4H3/b8-7-. The SMILES string of the molecule is CCN(CC)C(=O)/C=C\C1COC(C)(C)O1. The van der Waals surface area contributed by atoms with Crippen molar-refractivity contribution < 1.29 is 14.3 Å². The predicted octanol–water partition coefficient (Wildman–Crippen LogP) is 1.56. The number of likely N-dealkylation sites (N-methyl/N-ethyl adjacent to an activating group) is 1. The summed E-state index contributed by atoms with van der Waals surface area (Å²) < 4.78 is 11.0. The fourth-order valence-electron chi connectivity index (χ4n) is 1.64. The second-order valence-electron chi connectivity index (χ2n) is 4.24. The molecule has 0 bridgehead atoms. The molecule has 1 atom stereocenters. The summed E-state index contributed by atoms with van der Waals surface area (Å²) >= 11 is 0. The van der Waals surface area contributed by atoms with Crippen molar-refractivity contribution in [2.24, 2.45) is 0 Å². The average Bonchev–Trinajstić information content (AvgIpc) is 2.57. The zero-order chi connectivity index (χ0) is 12.2. The average molecular weight is 227 g/mol. The minimum atomic E-state index is -0.534. The van der Waals surface area contributed by atoms with Crippen LogP contribution in [0.3, 0.4) is 0 Å². The van der Waals surface area contributed by atoms with E-state index in [1.807, 2.05) is 27.7 Å². The van der Waals surface area contributed by atoms with Gasteiger partial charge in [-0.05, 0) is 33.8 Å². The van der Waals surface area contributed by atoms with Crippen molar-refractivity contribution in [2.45, 2.75) is 39.6 Å². The first-order chi connectivity index (χ1) is 7.48. The highest BCUT2D eigenvalue weighted by atomic mass is 16.7. The highest BCUT2D eigenvalue weighted by Crippen LogP contribution is 2.22. The van der Waals surface area contributed by atoms with Gasteiger partial charge in [0.25, 0.3) is 0 Å². The molecule has 0 radical (unpaired) electrons. The van der Waals surface area contributed by atoms with Crippen LogP contribution in [0, 0.1) is 0 Å². The summed E-state index contributed by atoms with van der Waals surface area (Å²) in [5.74, 6) is -0.508. The molecule has 1 aliphatic rings. The molecular formula is C12H21NO3. The third-order valence-corrected chi connectivity index (χ3v) is 2.56. The van der Waals surface area contributed by atoms with E-state index in [0.717, 1.165) is 13.1 Å². The molecule has 1 fully saturated rings.